The first-order valence-electron chi connectivity index (χ1n) is 12.7. The molecule has 0 spiro atoms. The van der Waals surface area contributed by atoms with E-state index in [1.807, 2.05) is 12.1 Å². The van der Waals surface area contributed by atoms with Gasteiger partial charge in [0.2, 0.25) is 0 Å². The Morgan fingerprint density at radius 3 is 2.74 bits per heavy atom. The Morgan fingerprint density at radius 1 is 1.03 bits per heavy atom. The second kappa shape index (κ2) is 9.46. The second-order valence-corrected chi connectivity index (χ2v) is 9.96. The summed E-state index contributed by atoms with van der Waals surface area (Å²) in [5, 5.41) is 14.0. The highest BCUT2D eigenvalue weighted by Crippen LogP contribution is 2.30. The van der Waals surface area contributed by atoms with Crippen LogP contribution in [0.5, 0.6) is 0 Å². The molecule has 2 fully saturated rings. The number of fused-ring (bicyclic) bond motifs is 2. The summed E-state index contributed by atoms with van der Waals surface area (Å²) in [5.41, 5.74) is 6.78. The van der Waals surface area contributed by atoms with E-state index in [1.54, 1.807) is 6.20 Å². The molecule has 2 atom stereocenters. The number of benzene rings is 2. The number of morpholine rings is 1. The minimum Gasteiger partial charge on any atom is -0.370 e. The number of nitrogens with zero attached hydrogens (tertiary/aromatic N) is 5. The fourth-order valence-corrected chi connectivity index (χ4v) is 5.82. The van der Waals surface area contributed by atoms with E-state index >= 15 is 0 Å². The van der Waals surface area contributed by atoms with Crippen molar-refractivity contribution in [1.29, 1.82) is 5.26 Å². The standard InChI is InChI=1S/C28H32N6O/c1-20-17-34(27-7-5-21(14-29)28-26(27)3-2-8-31-28)19-25(35-20)18-32-9-11-33(12-10-32)24-6-4-22-15-30-16-23(22)13-24/h2-8,13,20,25,30H,9-12,15-19H2,1H3/t20-,25+/m1/s1. The second-order valence-electron chi connectivity index (χ2n) is 9.96. The Morgan fingerprint density at radius 2 is 1.89 bits per heavy atom. The number of ether oxygens (including phenoxy) is 1. The molecule has 2 aromatic carbocycles. The van der Waals surface area contributed by atoms with Gasteiger partial charge < -0.3 is 19.9 Å². The van der Waals surface area contributed by atoms with Gasteiger partial charge in [-0.15, -0.1) is 0 Å². The van der Waals surface area contributed by atoms with Gasteiger partial charge in [-0.2, -0.15) is 5.26 Å². The van der Waals surface area contributed by atoms with Gasteiger partial charge in [-0.1, -0.05) is 6.07 Å². The lowest BCUT2D eigenvalue weighted by atomic mass is 10.1. The molecule has 0 aliphatic carbocycles. The van der Waals surface area contributed by atoms with E-state index in [9.17, 15) is 5.26 Å². The predicted molar refractivity (Wildman–Crippen MR) is 139 cm³/mol. The van der Waals surface area contributed by atoms with Crippen LogP contribution in [0.25, 0.3) is 10.9 Å². The Labute approximate surface area is 206 Å². The first-order valence-corrected chi connectivity index (χ1v) is 12.7. The summed E-state index contributed by atoms with van der Waals surface area (Å²) >= 11 is 0. The quantitative estimate of drug-likeness (QED) is 0.631. The van der Waals surface area contributed by atoms with Crippen LogP contribution in [-0.2, 0) is 17.8 Å². The summed E-state index contributed by atoms with van der Waals surface area (Å²) in [6.45, 7) is 11.0. The number of anilines is 2. The summed E-state index contributed by atoms with van der Waals surface area (Å²) in [4.78, 5) is 12.0. The SMILES string of the molecule is C[C@@H]1CN(c2ccc(C#N)c3ncccc23)C[C@H](CN2CCN(c3ccc4c(c3)CNC4)CC2)O1. The van der Waals surface area contributed by atoms with Crippen LogP contribution >= 0.6 is 0 Å². The molecule has 3 aromatic rings. The topological polar surface area (TPSA) is 67.7 Å². The van der Waals surface area contributed by atoms with E-state index in [1.165, 1.54) is 16.8 Å². The van der Waals surface area contributed by atoms with Crippen LogP contribution in [0.15, 0.2) is 48.7 Å². The minimum atomic E-state index is 0.150. The van der Waals surface area contributed by atoms with Gasteiger partial charge in [0.1, 0.15) is 6.07 Å². The average Bonchev–Trinajstić information content (AvgIpc) is 3.36. The summed E-state index contributed by atoms with van der Waals surface area (Å²) in [6.07, 6.45) is 2.06. The van der Waals surface area contributed by atoms with Gasteiger partial charge in [0.25, 0.3) is 0 Å². The van der Waals surface area contributed by atoms with Gasteiger partial charge in [0.05, 0.1) is 23.3 Å². The fourth-order valence-electron chi connectivity index (χ4n) is 5.82. The number of rotatable bonds is 4. The van der Waals surface area contributed by atoms with Gasteiger partial charge in [-0.25, -0.2) is 0 Å². The van der Waals surface area contributed by atoms with Gasteiger partial charge in [0, 0.05) is 81.9 Å². The van der Waals surface area contributed by atoms with Crippen molar-refractivity contribution in [2.45, 2.75) is 32.2 Å². The number of hydrogen-bond acceptors (Lipinski definition) is 7. The molecule has 1 N–H and O–H groups in total. The Bertz CT molecular complexity index is 1260. The molecule has 3 aliphatic rings. The van der Waals surface area contributed by atoms with E-state index in [-0.39, 0.29) is 12.2 Å². The van der Waals surface area contributed by atoms with Crippen LogP contribution in [0, 0.1) is 11.3 Å². The van der Waals surface area contributed by atoms with Crippen LogP contribution in [0.1, 0.15) is 23.6 Å². The van der Waals surface area contributed by atoms with Crippen LogP contribution in [-0.4, -0.2) is 67.9 Å². The molecule has 7 heteroatoms. The van der Waals surface area contributed by atoms with E-state index < -0.39 is 0 Å². The van der Waals surface area contributed by atoms with Gasteiger partial charge in [0.15, 0.2) is 0 Å². The molecule has 7 nitrogen and oxygen atoms in total. The van der Waals surface area contributed by atoms with Crippen LogP contribution in [0.4, 0.5) is 11.4 Å². The maximum Gasteiger partial charge on any atom is 0.101 e. The van der Waals surface area contributed by atoms with Crippen molar-refractivity contribution in [2.75, 3.05) is 55.6 Å². The van der Waals surface area contributed by atoms with Gasteiger partial charge in [-0.05, 0) is 54.4 Å². The summed E-state index contributed by atoms with van der Waals surface area (Å²) in [5.74, 6) is 0. The van der Waals surface area contributed by atoms with Crippen LogP contribution in [0.3, 0.4) is 0 Å². The normalized spacial score (nSPS) is 22.9. The molecule has 3 aliphatic heterocycles. The zero-order chi connectivity index (χ0) is 23.8. The van der Waals surface area contributed by atoms with Crippen molar-refractivity contribution in [1.82, 2.24) is 15.2 Å². The van der Waals surface area contributed by atoms with Gasteiger partial charge in [-0.3, -0.25) is 9.88 Å². The number of piperazine rings is 1. The molecule has 4 heterocycles. The van der Waals surface area contributed by atoms with E-state index in [4.69, 9.17) is 4.74 Å². The molecular formula is C28H32N6O. The summed E-state index contributed by atoms with van der Waals surface area (Å²) in [7, 11) is 0. The Balaban J connectivity index is 1.12. The minimum absolute atomic E-state index is 0.150. The van der Waals surface area contributed by atoms with Crippen molar-refractivity contribution in [3.05, 3.63) is 65.4 Å². The zero-order valence-electron chi connectivity index (χ0n) is 20.3. The first kappa shape index (κ1) is 22.3. The van der Waals surface area contributed by atoms with Gasteiger partial charge >= 0.3 is 0 Å². The molecule has 1 aromatic heterocycles. The first-order chi connectivity index (χ1) is 17.2. The molecule has 6 rings (SSSR count). The highest BCUT2D eigenvalue weighted by molar-refractivity contribution is 5.95. The predicted octanol–water partition coefficient (Wildman–Crippen LogP) is 3.13. The van der Waals surface area contributed by atoms with E-state index in [0.29, 0.717) is 5.56 Å². The third-order valence-electron chi connectivity index (χ3n) is 7.55. The molecule has 2 saturated heterocycles. The third-order valence-corrected chi connectivity index (χ3v) is 7.55. The molecule has 0 unspecified atom stereocenters. The number of pyridine rings is 1. The number of nitrogens with one attached hydrogen (secondary N) is 1. The highest BCUT2D eigenvalue weighted by atomic mass is 16.5. The highest BCUT2D eigenvalue weighted by Gasteiger charge is 2.29. The lowest BCUT2D eigenvalue weighted by molar-refractivity contribution is -0.0327. The van der Waals surface area contributed by atoms with Crippen LogP contribution < -0.4 is 15.1 Å². The molecule has 180 valence electrons. The number of hydrogen-bond donors (Lipinski definition) is 1. The lowest BCUT2D eigenvalue weighted by Crippen LogP contribution is -2.54. The number of aromatic nitrogens is 1. The summed E-state index contributed by atoms with van der Waals surface area (Å²) < 4.78 is 6.39. The molecule has 0 amide bonds. The number of nitriles is 1. The van der Waals surface area contributed by atoms with Crippen LogP contribution in [0.2, 0.25) is 0 Å². The third kappa shape index (κ3) is 4.45. The molecule has 0 bridgehead atoms. The van der Waals surface area contributed by atoms with Crippen molar-refractivity contribution >= 4 is 22.3 Å². The maximum atomic E-state index is 9.50. The molecule has 0 radical (unpaired) electrons. The van der Waals surface area contributed by atoms with Crippen molar-refractivity contribution in [3.63, 3.8) is 0 Å². The Hall–Kier alpha value is -3.18. The van der Waals surface area contributed by atoms with Crippen molar-refractivity contribution in [3.8, 4) is 6.07 Å². The monoisotopic (exact) mass is 468 g/mol. The summed E-state index contributed by atoms with van der Waals surface area (Å²) in [6, 6.07) is 17.2. The largest absolute Gasteiger partial charge is 0.370 e. The fraction of sp³-hybridized carbons (Fsp3) is 0.429. The Kier molecular flexibility index (Phi) is 6.03. The van der Waals surface area contributed by atoms with E-state index in [2.05, 4.69) is 68.3 Å². The lowest BCUT2D eigenvalue weighted by Gasteiger charge is -2.42. The molecular weight excluding hydrogens is 436 g/mol. The molecule has 0 saturated carbocycles. The van der Waals surface area contributed by atoms with Crippen molar-refractivity contribution < 1.29 is 4.74 Å². The van der Waals surface area contributed by atoms with E-state index in [0.717, 1.165) is 75.5 Å². The van der Waals surface area contributed by atoms with Crippen molar-refractivity contribution in [2.24, 2.45) is 0 Å². The zero-order valence-corrected chi connectivity index (χ0v) is 20.3. The molecule has 35 heavy (non-hydrogen) atoms. The maximum absolute atomic E-state index is 9.50. The smallest absolute Gasteiger partial charge is 0.101 e. The average molecular weight is 469 g/mol.